The lowest BCUT2D eigenvalue weighted by atomic mass is 10.1. The molecule has 1 N–H and O–H groups in total. The zero-order valence-electron chi connectivity index (χ0n) is 19.4. The Kier molecular flexibility index (Phi) is 9.73. The Morgan fingerprint density at radius 3 is 2.18 bits per heavy atom. The van der Waals surface area contributed by atoms with Gasteiger partial charge in [-0.25, -0.2) is 12.8 Å². The highest BCUT2D eigenvalue weighted by molar-refractivity contribution is 7.92. The van der Waals surface area contributed by atoms with E-state index in [1.165, 1.54) is 47.4 Å². The number of hydrogen-bond acceptors (Lipinski definition) is 4. The Bertz CT molecular complexity index is 1130. The standard InChI is InChI=1S/C23H28Cl2FN3O4S/c1-15(2)12-27-23(31)16(3)28(13-17-5-7-18(26)8-6-17)22(30)14-29(34(4,32)33)19-9-10-20(24)21(25)11-19/h5-11,15-16H,12-14H2,1-4H3,(H,27,31). The molecule has 0 heterocycles. The number of anilines is 1. The van der Waals surface area contributed by atoms with Crippen molar-refractivity contribution in [3.63, 3.8) is 0 Å². The molecule has 0 fully saturated rings. The van der Waals surface area contributed by atoms with Crippen LogP contribution in [0.4, 0.5) is 10.1 Å². The summed E-state index contributed by atoms with van der Waals surface area (Å²) < 4.78 is 39.3. The number of halogens is 3. The van der Waals surface area contributed by atoms with Crippen LogP contribution in [0.15, 0.2) is 42.5 Å². The second kappa shape index (κ2) is 11.9. The normalized spacial score (nSPS) is 12.4. The number of carbonyl (C=O) groups is 2. The fourth-order valence-electron chi connectivity index (χ4n) is 3.08. The molecule has 0 aliphatic rings. The summed E-state index contributed by atoms with van der Waals surface area (Å²) in [7, 11) is -3.89. The average Bonchev–Trinajstić information content (AvgIpc) is 2.76. The molecule has 11 heteroatoms. The largest absolute Gasteiger partial charge is 0.354 e. The number of nitrogens with zero attached hydrogens (tertiary/aromatic N) is 2. The second-order valence-corrected chi connectivity index (χ2v) is 11.1. The number of carbonyl (C=O) groups excluding carboxylic acids is 2. The molecule has 0 aromatic heterocycles. The molecule has 34 heavy (non-hydrogen) atoms. The zero-order chi connectivity index (χ0) is 25.6. The maximum atomic E-state index is 13.4. The first-order valence-corrected chi connectivity index (χ1v) is 13.1. The highest BCUT2D eigenvalue weighted by Crippen LogP contribution is 2.28. The highest BCUT2D eigenvalue weighted by Gasteiger charge is 2.30. The minimum Gasteiger partial charge on any atom is -0.354 e. The molecule has 0 aliphatic heterocycles. The predicted molar refractivity (Wildman–Crippen MR) is 133 cm³/mol. The quantitative estimate of drug-likeness (QED) is 0.500. The van der Waals surface area contributed by atoms with E-state index in [1.807, 2.05) is 13.8 Å². The van der Waals surface area contributed by atoms with Crippen molar-refractivity contribution in [3.8, 4) is 0 Å². The van der Waals surface area contributed by atoms with Gasteiger partial charge in [0.15, 0.2) is 0 Å². The van der Waals surface area contributed by atoms with Crippen molar-refractivity contribution in [2.24, 2.45) is 5.92 Å². The van der Waals surface area contributed by atoms with E-state index in [0.29, 0.717) is 12.1 Å². The maximum Gasteiger partial charge on any atom is 0.244 e. The lowest BCUT2D eigenvalue weighted by molar-refractivity contribution is -0.139. The lowest BCUT2D eigenvalue weighted by Gasteiger charge is -2.31. The lowest BCUT2D eigenvalue weighted by Crippen LogP contribution is -2.51. The highest BCUT2D eigenvalue weighted by atomic mass is 35.5. The Balaban J connectivity index is 2.37. The number of nitrogens with one attached hydrogen (secondary N) is 1. The summed E-state index contributed by atoms with van der Waals surface area (Å²) in [6, 6.07) is 8.81. The molecule has 0 saturated heterocycles. The third-order valence-electron chi connectivity index (χ3n) is 4.99. The molecule has 2 rings (SSSR count). The van der Waals surface area contributed by atoms with Gasteiger partial charge in [-0.05, 0) is 48.7 Å². The van der Waals surface area contributed by atoms with Crippen LogP contribution in [-0.4, -0.2) is 50.5 Å². The third kappa shape index (κ3) is 7.85. The van der Waals surface area contributed by atoms with E-state index < -0.39 is 34.3 Å². The van der Waals surface area contributed by atoms with Crippen molar-refractivity contribution in [1.82, 2.24) is 10.2 Å². The van der Waals surface area contributed by atoms with Crippen LogP contribution in [0.25, 0.3) is 0 Å². The molecule has 1 unspecified atom stereocenters. The minimum atomic E-state index is -3.89. The fourth-order valence-corrected chi connectivity index (χ4v) is 4.21. The van der Waals surface area contributed by atoms with Crippen LogP contribution in [0, 0.1) is 11.7 Å². The summed E-state index contributed by atoms with van der Waals surface area (Å²) in [4.78, 5) is 27.4. The van der Waals surface area contributed by atoms with Crippen LogP contribution in [-0.2, 0) is 26.2 Å². The zero-order valence-corrected chi connectivity index (χ0v) is 21.7. The van der Waals surface area contributed by atoms with E-state index in [-0.39, 0.29) is 34.1 Å². The van der Waals surface area contributed by atoms with Crippen molar-refractivity contribution < 1.29 is 22.4 Å². The maximum absolute atomic E-state index is 13.4. The van der Waals surface area contributed by atoms with Gasteiger partial charge >= 0.3 is 0 Å². The topological polar surface area (TPSA) is 86.8 Å². The predicted octanol–water partition coefficient (Wildman–Crippen LogP) is 4.09. The first-order valence-electron chi connectivity index (χ1n) is 10.5. The van der Waals surface area contributed by atoms with Gasteiger partial charge in [-0.1, -0.05) is 49.2 Å². The molecule has 0 bridgehead atoms. The van der Waals surface area contributed by atoms with Crippen LogP contribution in [0.2, 0.25) is 10.0 Å². The first kappa shape index (κ1) is 27.9. The Morgan fingerprint density at radius 2 is 1.65 bits per heavy atom. The molecule has 0 spiro atoms. The van der Waals surface area contributed by atoms with Gasteiger partial charge in [0.05, 0.1) is 22.0 Å². The Labute approximate surface area is 209 Å². The van der Waals surface area contributed by atoms with E-state index in [2.05, 4.69) is 5.32 Å². The van der Waals surface area contributed by atoms with Crippen LogP contribution < -0.4 is 9.62 Å². The first-order chi connectivity index (χ1) is 15.8. The van der Waals surface area contributed by atoms with E-state index in [4.69, 9.17) is 23.2 Å². The summed E-state index contributed by atoms with van der Waals surface area (Å²) in [5.74, 6) is -1.24. The van der Waals surface area contributed by atoms with Gasteiger partial charge in [-0.15, -0.1) is 0 Å². The molecule has 0 saturated carbocycles. The van der Waals surface area contributed by atoms with Crippen LogP contribution in [0.1, 0.15) is 26.3 Å². The molecule has 2 aromatic rings. The van der Waals surface area contributed by atoms with E-state index in [9.17, 15) is 22.4 Å². The summed E-state index contributed by atoms with van der Waals surface area (Å²) in [6.07, 6.45) is 0.964. The van der Waals surface area contributed by atoms with Crippen molar-refractivity contribution in [3.05, 3.63) is 63.9 Å². The number of benzene rings is 2. The van der Waals surface area contributed by atoms with Gasteiger partial charge in [0.1, 0.15) is 18.4 Å². The smallest absolute Gasteiger partial charge is 0.244 e. The summed E-state index contributed by atoms with van der Waals surface area (Å²) in [5.41, 5.74) is 0.739. The second-order valence-electron chi connectivity index (χ2n) is 8.33. The number of hydrogen-bond donors (Lipinski definition) is 1. The molecule has 2 amide bonds. The minimum absolute atomic E-state index is 0.0195. The van der Waals surface area contributed by atoms with E-state index in [1.54, 1.807) is 6.92 Å². The van der Waals surface area contributed by atoms with Crippen LogP contribution in [0.3, 0.4) is 0 Å². The number of rotatable bonds is 10. The molecule has 7 nitrogen and oxygen atoms in total. The van der Waals surface area contributed by atoms with E-state index in [0.717, 1.165) is 10.6 Å². The Morgan fingerprint density at radius 1 is 1.03 bits per heavy atom. The SMILES string of the molecule is CC(C)CNC(=O)C(C)N(Cc1ccc(F)cc1)C(=O)CN(c1ccc(Cl)c(Cl)c1)S(C)(=O)=O. The number of sulfonamides is 1. The molecular formula is C23H28Cl2FN3O4S. The van der Waals surface area contributed by atoms with Gasteiger partial charge in [-0.2, -0.15) is 0 Å². The van der Waals surface area contributed by atoms with Gasteiger partial charge in [-0.3, -0.25) is 13.9 Å². The van der Waals surface area contributed by atoms with Gasteiger partial charge in [0.2, 0.25) is 21.8 Å². The summed E-state index contributed by atoms with van der Waals surface area (Å²) in [5, 5.41) is 3.15. The third-order valence-corrected chi connectivity index (χ3v) is 6.87. The Hall–Kier alpha value is -2.36. The number of amides is 2. The molecule has 186 valence electrons. The van der Waals surface area contributed by atoms with Crippen molar-refractivity contribution in [2.45, 2.75) is 33.4 Å². The van der Waals surface area contributed by atoms with Crippen molar-refractivity contribution in [1.29, 1.82) is 0 Å². The fraction of sp³-hybridized carbons (Fsp3) is 0.391. The summed E-state index contributed by atoms with van der Waals surface area (Å²) >= 11 is 12.0. The van der Waals surface area contributed by atoms with Crippen LogP contribution >= 0.6 is 23.2 Å². The average molecular weight is 532 g/mol. The molecular weight excluding hydrogens is 504 g/mol. The van der Waals surface area contributed by atoms with Gasteiger partial charge in [0, 0.05) is 13.1 Å². The monoisotopic (exact) mass is 531 g/mol. The van der Waals surface area contributed by atoms with Crippen LogP contribution in [0.5, 0.6) is 0 Å². The van der Waals surface area contributed by atoms with Crippen molar-refractivity contribution in [2.75, 3.05) is 23.7 Å². The molecule has 0 radical (unpaired) electrons. The van der Waals surface area contributed by atoms with Gasteiger partial charge < -0.3 is 10.2 Å². The van der Waals surface area contributed by atoms with Gasteiger partial charge in [0.25, 0.3) is 0 Å². The molecule has 2 aromatic carbocycles. The van der Waals surface area contributed by atoms with E-state index >= 15 is 0 Å². The summed E-state index contributed by atoms with van der Waals surface area (Å²) in [6.45, 7) is 5.26. The molecule has 0 aliphatic carbocycles. The molecule has 1 atom stereocenters. The van der Waals surface area contributed by atoms with Crippen molar-refractivity contribution >= 4 is 50.7 Å².